The molecule has 3 rings (SSSR count). The third-order valence-electron chi connectivity index (χ3n) is 4.30. The van der Waals surface area contributed by atoms with Gasteiger partial charge in [0.05, 0.1) is 19.2 Å². The van der Waals surface area contributed by atoms with Gasteiger partial charge in [-0.25, -0.2) is 0 Å². The molecule has 1 saturated carbocycles. The lowest BCUT2D eigenvalue weighted by atomic mass is 10.1. The Kier molecular flexibility index (Phi) is 5.81. The van der Waals surface area contributed by atoms with Crippen molar-refractivity contribution in [2.75, 3.05) is 12.4 Å². The van der Waals surface area contributed by atoms with E-state index < -0.39 is 0 Å². The maximum absolute atomic E-state index is 12.5. The normalized spacial score (nSPS) is 14.5. The average molecular weight is 341 g/mol. The Labute approximate surface area is 147 Å². The molecule has 1 amide bonds. The van der Waals surface area contributed by atoms with Crippen LogP contribution in [0.4, 0.5) is 5.69 Å². The molecule has 1 fully saturated rings. The number of carbonyl (C=O) groups excluding carboxylic acids is 1. The zero-order valence-electron chi connectivity index (χ0n) is 14.0. The van der Waals surface area contributed by atoms with E-state index in [4.69, 9.17) is 4.74 Å². The van der Waals surface area contributed by atoms with Crippen LogP contribution >= 0.6 is 11.8 Å². The van der Waals surface area contributed by atoms with Crippen LogP contribution in [-0.2, 0) is 11.2 Å². The SMILES string of the molecule is COc1ccccc1CC(=O)Nc1ccccc1SC1CCCC1. The van der Waals surface area contributed by atoms with Crippen molar-refractivity contribution in [2.45, 2.75) is 42.2 Å². The number of thioether (sulfide) groups is 1. The third-order valence-corrected chi connectivity index (χ3v) is 5.72. The first kappa shape index (κ1) is 16.9. The van der Waals surface area contributed by atoms with Gasteiger partial charge in [0, 0.05) is 15.7 Å². The lowest BCUT2D eigenvalue weighted by molar-refractivity contribution is -0.115. The predicted octanol–water partition coefficient (Wildman–Crippen LogP) is 4.91. The van der Waals surface area contributed by atoms with Crippen molar-refractivity contribution >= 4 is 23.4 Å². The molecule has 1 aliphatic rings. The fourth-order valence-electron chi connectivity index (χ4n) is 3.07. The van der Waals surface area contributed by atoms with Crippen molar-refractivity contribution < 1.29 is 9.53 Å². The number of hydrogen-bond donors (Lipinski definition) is 1. The van der Waals surface area contributed by atoms with E-state index in [0.717, 1.165) is 21.9 Å². The number of methoxy groups -OCH3 is 1. The quantitative estimate of drug-likeness (QED) is 0.811. The summed E-state index contributed by atoms with van der Waals surface area (Å²) in [5.41, 5.74) is 1.81. The van der Waals surface area contributed by atoms with Gasteiger partial charge in [0.15, 0.2) is 0 Å². The molecule has 3 nitrogen and oxygen atoms in total. The molecule has 126 valence electrons. The Balaban J connectivity index is 1.67. The molecule has 0 radical (unpaired) electrons. The second kappa shape index (κ2) is 8.25. The maximum atomic E-state index is 12.5. The van der Waals surface area contributed by atoms with Crippen LogP contribution in [0.5, 0.6) is 5.75 Å². The van der Waals surface area contributed by atoms with Crippen LogP contribution in [0.2, 0.25) is 0 Å². The van der Waals surface area contributed by atoms with Crippen LogP contribution in [0.25, 0.3) is 0 Å². The first-order chi connectivity index (χ1) is 11.8. The highest BCUT2D eigenvalue weighted by molar-refractivity contribution is 8.00. The number of carbonyl (C=O) groups is 1. The minimum atomic E-state index is -0.0148. The predicted molar refractivity (Wildman–Crippen MR) is 99.9 cm³/mol. The molecule has 0 aliphatic heterocycles. The molecule has 0 atom stereocenters. The summed E-state index contributed by atoms with van der Waals surface area (Å²) in [4.78, 5) is 13.6. The molecular formula is C20H23NO2S. The average Bonchev–Trinajstić information content (AvgIpc) is 3.10. The molecule has 24 heavy (non-hydrogen) atoms. The van der Waals surface area contributed by atoms with Gasteiger partial charge in [0.25, 0.3) is 0 Å². The van der Waals surface area contributed by atoms with E-state index in [9.17, 15) is 4.79 Å². The molecular weight excluding hydrogens is 318 g/mol. The van der Waals surface area contributed by atoms with E-state index in [1.165, 1.54) is 25.7 Å². The minimum absolute atomic E-state index is 0.0148. The van der Waals surface area contributed by atoms with Gasteiger partial charge in [-0.1, -0.05) is 43.2 Å². The van der Waals surface area contributed by atoms with Gasteiger partial charge in [0.2, 0.25) is 5.91 Å². The molecule has 0 saturated heterocycles. The Morgan fingerprint density at radius 2 is 1.83 bits per heavy atom. The standard InChI is InChI=1S/C20H23NO2S/c1-23-18-12-6-2-8-15(18)14-20(22)21-17-11-5-7-13-19(17)24-16-9-3-4-10-16/h2,5-8,11-13,16H,3-4,9-10,14H2,1H3,(H,21,22). The molecule has 0 spiro atoms. The van der Waals surface area contributed by atoms with E-state index in [1.807, 2.05) is 54.2 Å². The van der Waals surface area contributed by atoms with E-state index in [1.54, 1.807) is 7.11 Å². The Bertz CT molecular complexity index is 696. The minimum Gasteiger partial charge on any atom is -0.496 e. The van der Waals surface area contributed by atoms with E-state index in [-0.39, 0.29) is 5.91 Å². The van der Waals surface area contributed by atoms with Crippen LogP contribution < -0.4 is 10.1 Å². The maximum Gasteiger partial charge on any atom is 0.228 e. The van der Waals surface area contributed by atoms with Crippen molar-refractivity contribution in [3.05, 3.63) is 54.1 Å². The fraction of sp³-hybridized carbons (Fsp3) is 0.350. The van der Waals surface area contributed by atoms with Crippen LogP contribution in [0.3, 0.4) is 0 Å². The number of ether oxygens (including phenoxy) is 1. The van der Waals surface area contributed by atoms with Crippen molar-refractivity contribution in [2.24, 2.45) is 0 Å². The highest BCUT2D eigenvalue weighted by Crippen LogP contribution is 2.38. The molecule has 2 aromatic rings. The number of amides is 1. The number of rotatable bonds is 6. The third kappa shape index (κ3) is 4.32. The Morgan fingerprint density at radius 1 is 1.12 bits per heavy atom. The van der Waals surface area contributed by atoms with Gasteiger partial charge in [0.1, 0.15) is 5.75 Å². The summed E-state index contributed by atoms with van der Waals surface area (Å²) in [5, 5.41) is 3.75. The van der Waals surface area contributed by atoms with Crippen LogP contribution in [0.1, 0.15) is 31.2 Å². The molecule has 1 N–H and O–H groups in total. The zero-order valence-corrected chi connectivity index (χ0v) is 14.8. The van der Waals surface area contributed by atoms with Gasteiger partial charge < -0.3 is 10.1 Å². The van der Waals surface area contributed by atoms with Gasteiger partial charge in [-0.15, -0.1) is 11.8 Å². The molecule has 0 aromatic heterocycles. The van der Waals surface area contributed by atoms with Gasteiger partial charge in [-0.05, 0) is 31.0 Å². The van der Waals surface area contributed by atoms with Crippen molar-refractivity contribution in [1.82, 2.24) is 0 Å². The van der Waals surface area contributed by atoms with Crippen LogP contribution in [-0.4, -0.2) is 18.3 Å². The Hall–Kier alpha value is -1.94. The lowest BCUT2D eigenvalue weighted by Gasteiger charge is -2.14. The number of para-hydroxylation sites is 2. The van der Waals surface area contributed by atoms with E-state index >= 15 is 0 Å². The van der Waals surface area contributed by atoms with Crippen molar-refractivity contribution in [3.63, 3.8) is 0 Å². The summed E-state index contributed by atoms with van der Waals surface area (Å²) in [6.07, 6.45) is 5.49. The van der Waals surface area contributed by atoms with Crippen LogP contribution in [0, 0.1) is 0 Å². The summed E-state index contributed by atoms with van der Waals surface area (Å²) in [6.45, 7) is 0. The summed E-state index contributed by atoms with van der Waals surface area (Å²) < 4.78 is 5.32. The first-order valence-electron chi connectivity index (χ1n) is 8.43. The number of benzene rings is 2. The second-order valence-electron chi connectivity index (χ2n) is 6.06. The largest absolute Gasteiger partial charge is 0.496 e. The fourth-order valence-corrected chi connectivity index (χ4v) is 4.41. The van der Waals surface area contributed by atoms with Gasteiger partial charge in [-0.3, -0.25) is 4.79 Å². The lowest BCUT2D eigenvalue weighted by Crippen LogP contribution is -2.15. The molecule has 0 unspecified atom stereocenters. The molecule has 2 aromatic carbocycles. The van der Waals surface area contributed by atoms with Gasteiger partial charge in [-0.2, -0.15) is 0 Å². The summed E-state index contributed by atoms with van der Waals surface area (Å²) in [5.74, 6) is 0.736. The monoisotopic (exact) mass is 341 g/mol. The van der Waals surface area contributed by atoms with E-state index in [2.05, 4.69) is 11.4 Å². The molecule has 1 aliphatic carbocycles. The van der Waals surface area contributed by atoms with Crippen molar-refractivity contribution in [1.29, 1.82) is 0 Å². The zero-order chi connectivity index (χ0) is 16.8. The summed E-state index contributed by atoms with van der Waals surface area (Å²) >= 11 is 1.89. The number of hydrogen-bond acceptors (Lipinski definition) is 3. The topological polar surface area (TPSA) is 38.3 Å². The smallest absolute Gasteiger partial charge is 0.228 e. The highest BCUT2D eigenvalue weighted by Gasteiger charge is 2.18. The van der Waals surface area contributed by atoms with Gasteiger partial charge >= 0.3 is 0 Å². The molecule has 0 heterocycles. The molecule has 0 bridgehead atoms. The number of nitrogens with one attached hydrogen (secondary N) is 1. The highest BCUT2D eigenvalue weighted by atomic mass is 32.2. The summed E-state index contributed by atoms with van der Waals surface area (Å²) in [7, 11) is 1.63. The second-order valence-corrected chi connectivity index (χ2v) is 7.40. The Morgan fingerprint density at radius 3 is 2.62 bits per heavy atom. The first-order valence-corrected chi connectivity index (χ1v) is 9.31. The van der Waals surface area contributed by atoms with Crippen molar-refractivity contribution in [3.8, 4) is 5.75 Å². The van der Waals surface area contributed by atoms with E-state index in [0.29, 0.717) is 11.7 Å². The molecule has 4 heteroatoms. The summed E-state index contributed by atoms with van der Waals surface area (Å²) in [6, 6.07) is 15.7. The number of anilines is 1. The van der Waals surface area contributed by atoms with Crippen LogP contribution in [0.15, 0.2) is 53.4 Å².